The van der Waals surface area contributed by atoms with Crippen LogP contribution in [0.1, 0.15) is 20.8 Å². The van der Waals surface area contributed by atoms with Crippen LogP contribution in [-0.2, 0) is 0 Å². The average Bonchev–Trinajstić information content (AvgIpc) is 3.38. The number of rotatable bonds is 5. The molecule has 0 aliphatic heterocycles. The maximum absolute atomic E-state index is 12.8. The normalized spacial score (nSPS) is 10.6. The van der Waals surface area contributed by atoms with Gasteiger partial charge in [-0.05, 0) is 23.3 Å². The maximum atomic E-state index is 12.8. The van der Waals surface area contributed by atoms with E-state index in [0.29, 0.717) is 22.1 Å². The summed E-state index contributed by atoms with van der Waals surface area (Å²) < 4.78 is 0. The Labute approximate surface area is 165 Å². The van der Waals surface area contributed by atoms with Gasteiger partial charge in [-0.25, -0.2) is 4.98 Å². The summed E-state index contributed by atoms with van der Waals surface area (Å²) in [6.07, 6.45) is 1.66. The Hall–Kier alpha value is -3.71. The van der Waals surface area contributed by atoms with Gasteiger partial charge in [0.15, 0.2) is 5.13 Å². The number of aromatic amines is 1. The van der Waals surface area contributed by atoms with E-state index in [-0.39, 0.29) is 5.91 Å². The fraction of sp³-hybridized carbons (Fsp3) is 0. The van der Waals surface area contributed by atoms with Crippen LogP contribution in [0.3, 0.4) is 0 Å². The lowest BCUT2D eigenvalue weighted by molar-refractivity contribution is 0.0994. The lowest BCUT2D eigenvalue weighted by atomic mass is 9.99. The van der Waals surface area contributed by atoms with Gasteiger partial charge in [0.05, 0.1) is 5.69 Å². The van der Waals surface area contributed by atoms with Crippen LogP contribution in [-0.4, -0.2) is 21.8 Å². The third-order valence-electron chi connectivity index (χ3n) is 4.23. The number of anilines is 1. The SMILES string of the molecule is NC(=O)c1cc(-c2csc(NC(=O)c3ccccc3-c3ccccc3)n2)c[nH]1. The summed E-state index contributed by atoms with van der Waals surface area (Å²) in [6.45, 7) is 0. The second kappa shape index (κ2) is 7.50. The van der Waals surface area contributed by atoms with E-state index in [0.717, 1.165) is 16.7 Å². The van der Waals surface area contributed by atoms with Gasteiger partial charge in [-0.3, -0.25) is 14.9 Å². The number of carbonyl (C=O) groups is 2. The summed E-state index contributed by atoms with van der Waals surface area (Å²) in [5, 5.41) is 5.14. The molecular formula is C21H16N4O2S. The Morgan fingerprint density at radius 2 is 1.75 bits per heavy atom. The highest BCUT2D eigenvalue weighted by molar-refractivity contribution is 7.14. The molecule has 0 atom stereocenters. The molecule has 6 nitrogen and oxygen atoms in total. The first kappa shape index (κ1) is 17.7. The van der Waals surface area contributed by atoms with E-state index in [1.54, 1.807) is 18.3 Å². The molecule has 2 amide bonds. The Morgan fingerprint density at radius 3 is 2.50 bits per heavy atom. The largest absolute Gasteiger partial charge is 0.364 e. The van der Waals surface area contributed by atoms with Crippen molar-refractivity contribution in [2.75, 3.05) is 5.32 Å². The van der Waals surface area contributed by atoms with Crippen molar-refractivity contribution in [2.24, 2.45) is 5.73 Å². The quantitative estimate of drug-likeness (QED) is 0.478. The molecule has 0 saturated heterocycles. The first-order chi connectivity index (χ1) is 13.6. The Kier molecular flexibility index (Phi) is 4.74. The Bertz CT molecular complexity index is 1150. The molecule has 2 aromatic heterocycles. The summed E-state index contributed by atoms with van der Waals surface area (Å²) in [6, 6.07) is 18.8. The highest BCUT2D eigenvalue weighted by atomic mass is 32.1. The number of H-pyrrole nitrogens is 1. The fourth-order valence-corrected chi connectivity index (χ4v) is 3.58. The van der Waals surface area contributed by atoms with Crippen molar-refractivity contribution in [1.29, 1.82) is 0 Å². The van der Waals surface area contributed by atoms with Gasteiger partial charge in [0, 0.05) is 22.7 Å². The van der Waals surface area contributed by atoms with Crippen LogP contribution in [0.25, 0.3) is 22.4 Å². The number of hydrogen-bond donors (Lipinski definition) is 3. The summed E-state index contributed by atoms with van der Waals surface area (Å²) in [5.74, 6) is -0.764. The number of nitrogens with one attached hydrogen (secondary N) is 2. The van der Waals surface area contributed by atoms with E-state index in [1.165, 1.54) is 11.3 Å². The first-order valence-electron chi connectivity index (χ1n) is 8.52. The van der Waals surface area contributed by atoms with Gasteiger partial charge in [-0.2, -0.15) is 0 Å². The van der Waals surface area contributed by atoms with Crippen LogP contribution in [0.2, 0.25) is 0 Å². The van der Waals surface area contributed by atoms with Crippen molar-refractivity contribution in [2.45, 2.75) is 0 Å². The van der Waals surface area contributed by atoms with E-state index in [1.807, 2.05) is 53.9 Å². The van der Waals surface area contributed by atoms with Crippen LogP contribution in [0, 0.1) is 0 Å². The highest BCUT2D eigenvalue weighted by Crippen LogP contribution is 2.28. The number of aromatic nitrogens is 2. The molecule has 138 valence electrons. The van der Waals surface area contributed by atoms with Crippen LogP contribution < -0.4 is 11.1 Å². The van der Waals surface area contributed by atoms with E-state index in [9.17, 15) is 9.59 Å². The smallest absolute Gasteiger partial charge is 0.265 e. The summed E-state index contributed by atoms with van der Waals surface area (Å²) in [5.41, 5.74) is 9.35. The van der Waals surface area contributed by atoms with E-state index >= 15 is 0 Å². The molecule has 7 heteroatoms. The lowest BCUT2D eigenvalue weighted by Gasteiger charge is -2.09. The van der Waals surface area contributed by atoms with Gasteiger partial charge in [0.2, 0.25) is 0 Å². The molecule has 2 heterocycles. The van der Waals surface area contributed by atoms with Crippen LogP contribution in [0.4, 0.5) is 5.13 Å². The number of benzene rings is 2. The predicted molar refractivity (Wildman–Crippen MR) is 110 cm³/mol. The van der Waals surface area contributed by atoms with Crippen molar-refractivity contribution in [1.82, 2.24) is 9.97 Å². The molecule has 0 aliphatic rings. The van der Waals surface area contributed by atoms with E-state index < -0.39 is 5.91 Å². The molecule has 4 rings (SSSR count). The van der Waals surface area contributed by atoms with Crippen molar-refractivity contribution in [3.8, 4) is 22.4 Å². The predicted octanol–water partition coefficient (Wildman–Crippen LogP) is 4.16. The third kappa shape index (κ3) is 3.56. The second-order valence-corrected chi connectivity index (χ2v) is 6.93. The van der Waals surface area contributed by atoms with Crippen molar-refractivity contribution >= 4 is 28.3 Å². The molecule has 2 aromatic carbocycles. The minimum absolute atomic E-state index is 0.229. The third-order valence-corrected chi connectivity index (χ3v) is 4.98. The molecule has 0 fully saturated rings. The summed E-state index contributed by atoms with van der Waals surface area (Å²) >= 11 is 1.31. The molecular weight excluding hydrogens is 372 g/mol. The van der Waals surface area contributed by atoms with Gasteiger partial charge >= 0.3 is 0 Å². The molecule has 4 N–H and O–H groups in total. The monoisotopic (exact) mass is 388 g/mol. The molecule has 0 unspecified atom stereocenters. The molecule has 0 radical (unpaired) electrons. The standard InChI is InChI=1S/C21H16N4O2S/c22-19(26)17-10-14(11-23-17)18-12-28-21(24-18)25-20(27)16-9-5-4-8-15(16)13-6-2-1-3-7-13/h1-12,23H,(H2,22,26)(H,24,25,27). The van der Waals surface area contributed by atoms with Crippen molar-refractivity contribution < 1.29 is 9.59 Å². The zero-order chi connectivity index (χ0) is 19.5. The Morgan fingerprint density at radius 1 is 1.00 bits per heavy atom. The molecule has 0 saturated carbocycles. The number of thiazole rings is 1. The number of carbonyl (C=O) groups excluding carboxylic acids is 2. The summed E-state index contributed by atoms with van der Waals surface area (Å²) in [4.78, 5) is 31.3. The molecule has 0 spiro atoms. The van der Waals surface area contributed by atoms with Crippen LogP contribution in [0.5, 0.6) is 0 Å². The maximum Gasteiger partial charge on any atom is 0.265 e. The van der Waals surface area contributed by atoms with Crippen molar-refractivity contribution in [3.63, 3.8) is 0 Å². The molecule has 4 aromatic rings. The fourth-order valence-electron chi connectivity index (χ4n) is 2.86. The zero-order valence-corrected chi connectivity index (χ0v) is 15.5. The number of amides is 2. The van der Waals surface area contributed by atoms with Gasteiger partial charge in [-0.1, -0.05) is 48.5 Å². The number of hydrogen-bond acceptors (Lipinski definition) is 4. The lowest BCUT2D eigenvalue weighted by Crippen LogP contribution is -2.13. The van der Waals surface area contributed by atoms with Gasteiger partial charge in [-0.15, -0.1) is 11.3 Å². The van der Waals surface area contributed by atoms with Crippen LogP contribution >= 0.6 is 11.3 Å². The highest BCUT2D eigenvalue weighted by Gasteiger charge is 2.15. The first-order valence-corrected chi connectivity index (χ1v) is 9.40. The van der Waals surface area contributed by atoms with Gasteiger partial charge in [0.25, 0.3) is 11.8 Å². The number of primary amides is 1. The number of nitrogens with zero attached hydrogens (tertiary/aromatic N) is 1. The van der Waals surface area contributed by atoms with E-state index in [4.69, 9.17) is 5.73 Å². The van der Waals surface area contributed by atoms with E-state index in [2.05, 4.69) is 15.3 Å². The molecule has 28 heavy (non-hydrogen) atoms. The zero-order valence-electron chi connectivity index (χ0n) is 14.7. The topological polar surface area (TPSA) is 101 Å². The van der Waals surface area contributed by atoms with Crippen LogP contribution in [0.15, 0.2) is 72.2 Å². The number of nitrogens with two attached hydrogens (primary N) is 1. The molecule has 0 aliphatic carbocycles. The summed E-state index contributed by atoms with van der Waals surface area (Å²) in [7, 11) is 0. The van der Waals surface area contributed by atoms with Gasteiger partial charge in [0.1, 0.15) is 5.69 Å². The van der Waals surface area contributed by atoms with Crippen molar-refractivity contribution in [3.05, 3.63) is 83.5 Å². The Balaban J connectivity index is 1.57. The molecule has 0 bridgehead atoms. The van der Waals surface area contributed by atoms with Gasteiger partial charge < -0.3 is 10.7 Å². The average molecular weight is 388 g/mol. The second-order valence-electron chi connectivity index (χ2n) is 6.07. The minimum atomic E-state index is -0.535. The minimum Gasteiger partial charge on any atom is -0.364 e.